The molecule has 0 unspecified atom stereocenters. The molecule has 10 heteroatoms. The van der Waals surface area contributed by atoms with E-state index in [4.69, 9.17) is 9.47 Å². The van der Waals surface area contributed by atoms with Gasteiger partial charge in [0.15, 0.2) is 0 Å². The summed E-state index contributed by atoms with van der Waals surface area (Å²) in [4.78, 5) is 24.5. The molecule has 0 amide bonds. The second-order valence-electron chi connectivity index (χ2n) is 8.38. The number of carbonyl (C=O) groups excluding carboxylic acids is 1. The molecule has 5 rings (SSSR count). The average molecular weight is 531 g/mol. The van der Waals surface area contributed by atoms with Crippen LogP contribution in [0.5, 0.6) is 5.75 Å². The molecule has 0 aliphatic heterocycles. The summed E-state index contributed by atoms with van der Waals surface area (Å²) in [6.07, 6.45) is 0. The number of ether oxygens (including phenoxy) is 2. The zero-order chi connectivity index (χ0) is 27.0. The summed E-state index contributed by atoms with van der Waals surface area (Å²) in [6, 6.07) is 21.9. The monoisotopic (exact) mass is 530 g/mol. The zero-order valence-electron chi connectivity index (χ0n) is 20.5. The largest absolute Gasteiger partial charge is 0.497 e. The molecule has 192 valence electrons. The molecule has 0 fully saturated rings. The second kappa shape index (κ2) is 9.64. The van der Waals surface area contributed by atoms with E-state index < -0.39 is 20.9 Å². The van der Waals surface area contributed by atoms with Crippen molar-refractivity contribution >= 4 is 43.5 Å². The molecule has 9 nitrogen and oxygen atoms in total. The van der Waals surface area contributed by atoms with E-state index in [1.807, 2.05) is 0 Å². The molecule has 0 saturated carbocycles. The van der Waals surface area contributed by atoms with E-state index in [2.05, 4.69) is 0 Å². The average Bonchev–Trinajstić information content (AvgIpc) is 3.26. The number of carbonyl (C=O) groups is 1. The van der Waals surface area contributed by atoms with E-state index in [9.17, 15) is 23.3 Å². The first kappa shape index (κ1) is 25.0. The SMILES string of the molecule is CCOC(=O)c1cc2c3cc(OC)ccc3n(S(=O)(=O)c3ccccc3)c2cc1-c1ccccc1[N+](=O)[O-]. The predicted octanol–water partition coefficient (Wildman–Crippen LogP) is 5.79. The number of aromatic nitrogens is 1. The third-order valence-electron chi connectivity index (χ3n) is 6.24. The molecule has 0 bridgehead atoms. The van der Waals surface area contributed by atoms with Crippen LogP contribution in [-0.4, -0.2) is 37.0 Å². The van der Waals surface area contributed by atoms with Crippen molar-refractivity contribution < 1.29 is 27.6 Å². The predicted molar refractivity (Wildman–Crippen MR) is 143 cm³/mol. The van der Waals surface area contributed by atoms with Gasteiger partial charge >= 0.3 is 5.97 Å². The third-order valence-corrected chi connectivity index (χ3v) is 7.98. The lowest BCUT2D eigenvalue weighted by atomic mass is 9.96. The van der Waals surface area contributed by atoms with Crippen molar-refractivity contribution in [3.63, 3.8) is 0 Å². The topological polar surface area (TPSA) is 118 Å². The Labute approximate surface area is 218 Å². The van der Waals surface area contributed by atoms with Crippen LogP contribution in [0.3, 0.4) is 0 Å². The van der Waals surface area contributed by atoms with E-state index in [0.29, 0.717) is 22.0 Å². The summed E-state index contributed by atoms with van der Waals surface area (Å²) in [7, 11) is -2.61. The molecule has 0 radical (unpaired) electrons. The van der Waals surface area contributed by atoms with Crippen molar-refractivity contribution in [3.05, 3.63) is 101 Å². The number of methoxy groups -OCH3 is 1. The minimum absolute atomic E-state index is 0.0660. The molecule has 4 aromatic carbocycles. The van der Waals surface area contributed by atoms with E-state index >= 15 is 0 Å². The fraction of sp³-hybridized carbons (Fsp3) is 0.107. The number of hydrogen-bond donors (Lipinski definition) is 0. The molecule has 0 saturated heterocycles. The highest BCUT2D eigenvalue weighted by Crippen LogP contribution is 2.40. The number of nitro benzene ring substituents is 1. The van der Waals surface area contributed by atoms with Gasteiger partial charge in [0.25, 0.3) is 15.7 Å². The van der Waals surface area contributed by atoms with Crippen molar-refractivity contribution in [1.29, 1.82) is 0 Å². The van der Waals surface area contributed by atoms with Gasteiger partial charge in [0.1, 0.15) is 5.75 Å². The number of nitrogens with zero attached hydrogens (tertiary/aromatic N) is 2. The van der Waals surface area contributed by atoms with Gasteiger partial charge in [-0.15, -0.1) is 0 Å². The van der Waals surface area contributed by atoms with E-state index in [1.54, 1.807) is 49.4 Å². The maximum atomic E-state index is 14.0. The van der Waals surface area contributed by atoms with Gasteiger partial charge in [-0.25, -0.2) is 17.2 Å². The highest BCUT2D eigenvalue weighted by atomic mass is 32.2. The summed E-state index contributed by atoms with van der Waals surface area (Å²) in [6.45, 7) is 1.75. The Balaban J connectivity index is 1.96. The smallest absolute Gasteiger partial charge is 0.338 e. The standard InChI is InChI=1S/C28H22N2O7S/c1-3-37-28(31)24-16-23-22-15-18(36-2)13-14-25(22)29(38(34,35)19-9-5-4-6-10-19)27(23)17-21(24)20-11-7-8-12-26(20)30(32)33/h4-17H,3H2,1-2H3. The van der Waals surface area contributed by atoms with Crippen LogP contribution in [0.25, 0.3) is 32.9 Å². The van der Waals surface area contributed by atoms with Crippen molar-refractivity contribution in [2.24, 2.45) is 0 Å². The summed E-state index contributed by atoms with van der Waals surface area (Å²) in [5.74, 6) is -0.189. The molecule has 0 aliphatic rings. The fourth-order valence-corrected chi connectivity index (χ4v) is 6.09. The van der Waals surface area contributed by atoms with Gasteiger partial charge in [0.05, 0.1) is 45.7 Å². The second-order valence-corrected chi connectivity index (χ2v) is 10.2. The Morgan fingerprint density at radius 1 is 0.895 bits per heavy atom. The first-order valence-electron chi connectivity index (χ1n) is 11.7. The van der Waals surface area contributed by atoms with Gasteiger partial charge in [-0.3, -0.25) is 10.1 Å². The molecule has 0 N–H and O–H groups in total. The molecule has 1 heterocycles. The lowest BCUT2D eigenvalue weighted by Gasteiger charge is -2.13. The van der Waals surface area contributed by atoms with E-state index in [1.165, 1.54) is 53.5 Å². The van der Waals surface area contributed by atoms with Crippen molar-refractivity contribution in [3.8, 4) is 16.9 Å². The van der Waals surface area contributed by atoms with Gasteiger partial charge in [0, 0.05) is 22.4 Å². The first-order chi connectivity index (χ1) is 18.3. The van der Waals surface area contributed by atoms with E-state index in [0.717, 1.165) is 0 Å². The van der Waals surface area contributed by atoms with Crippen LogP contribution in [0.2, 0.25) is 0 Å². The summed E-state index contributed by atoms with van der Waals surface area (Å²) >= 11 is 0. The highest BCUT2D eigenvalue weighted by molar-refractivity contribution is 7.90. The highest BCUT2D eigenvalue weighted by Gasteiger charge is 2.28. The molecule has 1 aromatic heterocycles. The maximum absolute atomic E-state index is 14.0. The number of para-hydroxylation sites is 1. The summed E-state index contributed by atoms with van der Waals surface area (Å²) in [5.41, 5.74) is 0.800. The first-order valence-corrected chi connectivity index (χ1v) is 13.1. The molecule has 0 aliphatic carbocycles. The lowest BCUT2D eigenvalue weighted by molar-refractivity contribution is -0.384. The third kappa shape index (κ3) is 4.04. The maximum Gasteiger partial charge on any atom is 0.338 e. The molecule has 5 aromatic rings. The van der Waals surface area contributed by atoms with Crippen LogP contribution in [0, 0.1) is 10.1 Å². The minimum atomic E-state index is -4.11. The molecule has 0 atom stereocenters. The minimum Gasteiger partial charge on any atom is -0.497 e. The zero-order valence-corrected chi connectivity index (χ0v) is 21.3. The number of nitro groups is 1. The Kier molecular flexibility index (Phi) is 6.33. The van der Waals surface area contributed by atoms with Gasteiger partial charge < -0.3 is 9.47 Å². The molecular weight excluding hydrogens is 508 g/mol. The number of fused-ring (bicyclic) bond motifs is 3. The Bertz CT molecular complexity index is 1830. The summed E-state index contributed by atoms with van der Waals surface area (Å²) in [5, 5.41) is 12.8. The normalized spacial score (nSPS) is 11.5. The number of hydrogen-bond acceptors (Lipinski definition) is 7. The summed E-state index contributed by atoms with van der Waals surface area (Å²) < 4.78 is 39.8. The van der Waals surface area contributed by atoms with Crippen LogP contribution in [0.15, 0.2) is 89.8 Å². The van der Waals surface area contributed by atoms with Crippen LogP contribution in [0.4, 0.5) is 5.69 Å². The Hall–Kier alpha value is -4.70. The molecule has 38 heavy (non-hydrogen) atoms. The van der Waals surface area contributed by atoms with Crippen LogP contribution < -0.4 is 4.74 Å². The Morgan fingerprint density at radius 2 is 1.58 bits per heavy atom. The molecular formula is C28H22N2O7S. The van der Waals surface area contributed by atoms with Crippen molar-refractivity contribution in [2.45, 2.75) is 11.8 Å². The lowest BCUT2D eigenvalue weighted by Crippen LogP contribution is -2.13. The number of esters is 1. The van der Waals surface area contributed by atoms with Crippen molar-refractivity contribution in [2.75, 3.05) is 13.7 Å². The Morgan fingerprint density at radius 3 is 2.26 bits per heavy atom. The van der Waals surface area contributed by atoms with E-state index in [-0.39, 0.29) is 39.4 Å². The van der Waals surface area contributed by atoms with Gasteiger partial charge in [0.2, 0.25) is 0 Å². The van der Waals surface area contributed by atoms with Crippen LogP contribution >= 0.6 is 0 Å². The van der Waals surface area contributed by atoms with Gasteiger partial charge in [-0.2, -0.15) is 0 Å². The van der Waals surface area contributed by atoms with Gasteiger partial charge in [-0.1, -0.05) is 30.3 Å². The van der Waals surface area contributed by atoms with Crippen molar-refractivity contribution in [1.82, 2.24) is 3.97 Å². The van der Waals surface area contributed by atoms with Crippen LogP contribution in [-0.2, 0) is 14.8 Å². The number of rotatable bonds is 7. The fourth-order valence-electron chi connectivity index (χ4n) is 4.55. The van der Waals surface area contributed by atoms with Crippen LogP contribution in [0.1, 0.15) is 17.3 Å². The van der Waals surface area contributed by atoms with Gasteiger partial charge in [-0.05, 0) is 55.5 Å². The molecule has 0 spiro atoms. The number of benzene rings is 4. The quantitative estimate of drug-likeness (QED) is 0.148.